The van der Waals surface area contributed by atoms with Gasteiger partial charge in [0.05, 0.1) is 12.8 Å². The second-order valence-corrected chi connectivity index (χ2v) is 5.20. The Bertz CT molecular complexity index is 954. The summed E-state index contributed by atoms with van der Waals surface area (Å²) in [6.45, 7) is 4.36. The van der Waals surface area contributed by atoms with Gasteiger partial charge in [-0.25, -0.2) is 4.98 Å². The third-order valence-electron chi connectivity index (χ3n) is 3.35. The highest BCUT2D eigenvalue weighted by Gasteiger charge is 2.13. The normalized spacial score (nSPS) is 11.2. The van der Waals surface area contributed by atoms with Gasteiger partial charge >= 0.3 is 0 Å². The molecule has 0 saturated heterocycles. The highest BCUT2D eigenvalue weighted by Crippen LogP contribution is 2.24. The third-order valence-corrected chi connectivity index (χ3v) is 3.35. The Hall–Kier alpha value is -3.16. The molecule has 0 aliphatic carbocycles. The summed E-state index contributed by atoms with van der Waals surface area (Å²) in [4.78, 5) is 8.37. The van der Waals surface area contributed by atoms with Gasteiger partial charge in [-0.1, -0.05) is 0 Å². The molecule has 0 aliphatic heterocycles. The first kappa shape index (κ1) is 13.5. The fourth-order valence-electron chi connectivity index (χ4n) is 2.32. The van der Waals surface area contributed by atoms with Crippen LogP contribution in [0.1, 0.15) is 17.0 Å². The number of fused-ring (bicyclic) bond motifs is 1. The Labute approximate surface area is 131 Å². The van der Waals surface area contributed by atoms with Crippen molar-refractivity contribution in [3.8, 4) is 11.8 Å². The van der Waals surface area contributed by atoms with E-state index < -0.39 is 0 Å². The van der Waals surface area contributed by atoms with Crippen LogP contribution >= 0.6 is 0 Å². The van der Waals surface area contributed by atoms with Crippen molar-refractivity contribution in [3.05, 3.63) is 54.0 Å². The molecule has 0 N–H and O–H groups in total. The minimum Gasteiger partial charge on any atom is -0.467 e. The van der Waals surface area contributed by atoms with E-state index in [4.69, 9.17) is 9.15 Å². The largest absolute Gasteiger partial charge is 0.467 e. The fourth-order valence-corrected chi connectivity index (χ4v) is 2.32. The molecule has 4 heterocycles. The molecule has 0 atom stereocenters. The number of nitrogens with zero attached hydrogens (tertiary/aromatic N) is 6. The van der Waals surface area contributed by atoms with E-state index in [0.29, 0.717) is 24.1 Å². The molecule has 0 unspecified atom stereocenters. The number of hydrogen-bond acceptors (Lipinski definition) is 6. The zero-order valence-corrected chi connectivity index (χ0v) is 12.7. The van der Waals surface area contributed by atoms with Crippen LogP contribution < -0.4 is 4.74 Å². The van der Waals surface area contributed by atoms with Gasteiger partial charge in [-0.05, 0) is 26.0 Å². The van der Waals surface area contributed by atoms with Gasteiger partial charge < -0.3 is 9.15 Å². The number of ether oxygens (including phenoxy) is 1. The van der Waals surface area contributed by atoms with Crippen molar-refractivity contribution in [2.24, 2.45) is 0 Å². The van der Waals surface area contributed by atoms with E-state index in [1.54, 1.807) is 17.0 Å². The van der Waals surface area contributed by atoms with Gasteiger partial charge in [0.15, 0.2) is 0 Å². The second kappa shape index (κ2) is 5.24. The lowest BCUT2D eigenvalue weighted by Gasteiger charge is -2.05. The van der Waals surface area contributed by atoms with Crippen molar-refractivity contribution in [1.29, 1.82) is 0 Å². The molecular formula is C15H14N6O2. The molecule has 4 rings (SSSR count). The van der Waals surface area contributed by atoms with Crippen LogP contribution in [0, 0.1) is 13.8 Å². The average Bonchev–Trinajstić information content (AvgIpc) is 3.22. The van der Waals surface area contributed by atoms with Crippen LogP contribution in [0.15, 0.2) is 41.4 Å². The fraction of sp³-hybridized carbons (Fsp3) is 0.200. The van der Waals surface area contributed by atoms with Crippen LogP contribution in [-0.4, -0.2) is 29.4 Å². The Morgan fingerprint density at radius 1 is 1.30 bits per heavy atom. The van der Waals surface area contributed by atoms with Crippen LogP contribution in [0.5, 0.6) is 11.8 Å². The lowest BCUT2D eigenvalue weighted by Crippen LogP contribution is -2.02. The third kappa shape index (κ3) is 2.54. The summed E-state index contributed by atoms with van der Waals surface area (Å²) in [6.07, 6.45) is 4.99. The monoisotopic (exact) mass is 310 g/mol. The zero-order chi connectivity index (χ0) is 15.8. The van der Waals surface area contributed by atoms with E-state index in [2.05, 4.69) is 20.2 Å². The van der Waals surface area contributed by atoms with Gasteiger partial charge in [0, 0.05) is 23.5 Å². The lowest BCUT2D eigenvalue weighted by molar-refractivity contribution is 0.412. The molecule has 4 aromatic rings. The van der Waals surface area contributed by atoms with Gasteiger partial charge in [0.25, 0.3) is 5.78 Å². The summed E-state index contributed by atoms with van der Waals surface area (Å²) in [7, 11) is 0. The summed E-state index contributed by atoms with van der Waals surface area (Å²) in [6, 6.07) is 5.56. The summed E-state index contributed by atoms with van der Waals surface area (Å²) in [5, 5.41) is 8.57. The molecular weight excluding hydrogens is 296 g/mol. The van der Waals surface area contributed by atoms with Gasteiger partial charge in [-0.2, -0.15) is 14.6 Å². The number of aryl methyl sites for hydroxylation is 2. The summed E-state index contributed by atoms with van der Waals surface area (Å²) >= 11 is 0. The first-order valence-electron chi connectivity index (χ1n) is 7.11. The van der Waals surface area contributed by atoms with Crippen molar-refractivity contribution in [2.45, 2.75) is 20.4 Å². The number of aromatic nitrogens is 6. The maximum Gasteiger partial charge on any atom is 0.255 e. The maximum absolute atomic E-state index is 5.92. The Morgan fingerprint density at radius 3 is 3.04 bits per heavy atom. The van der Waals surface area contributed by atoms with Crippen LogP contribution in [0.2, 0.25) is 0 Å². The SMILES string of the molecule is Cc1cc(Oc2nn(Cc3ccco3)cc2C)n2ncnc2n1. The van der Waals surface area contributed by atoms with Gasteiger partial charge in [-0.15, -0.1) is 5.10 Å². The first-order valence-corrected chi connectivity index (χ1v) is 7.11. The van der Waals surface area contributed by atoms with Crippen molar-refractivity contribution >= 4 is 5.78 Å². The standard InChI is InChI=1S/C15H14N6O2/c1-10-7-20(8-12-4-3-5-22-12)19-14(10)23-13-6-11(2)18-15-16-9-17-21(13)15/h3-7,9H,8H2,1-2H3. The van der Waals surface area contributed by atoms with E-state index in [-0.39, 0.29) is 0 Å². The Morgan fingerprint density at radius 2 is 2.22 bits per heavy atom. The molecule has 0 aliphatic rings. The highest BCUT2D eigenvalue weighted by atomic mass is 16.5. The van der Waals surface area contributed by atoms with Crippen LogP contribution in [-0.2, 0) is 6.54 Å². The van der Waals surface area contributed by atoms with E-state index in [0.717, 1.165) is 17.0 Å². The molecule has 0 saturated carbocycles. The molecule has 0 amide bonds. The quantitative estimate of drug-likeness (QED) is 0.575. The summed E-state index contributed by atoms with van der Waals surface area (Å²) in [5.74, 6) is 2.36. The number of rotatable bonds is 4. The molecule has 4 aromatic heterocycles. The smallest absolute Gasteiger partial charge is 0.255 e. The molecule has 8 heteroatoms. The van der Waals surface area contributed by atoms with Crippen molar-refractivity contribution in [2.75, 3.05) is 0 Å². The van der Waals surface area contributed by atoms with Crippen LogP contribution in [0.4, 0.5) is 0 Å². The second-order valence-electron chi connectivity index (χ2n) is 5.20. The molecule has 0 aromatic carbocycles. The molecule has 0 spiro atoms. The minimum absolute atomic E-state index is 0.493. The van der Waals surface area contributed by atoms with Gasteiger partial charge in [0.2, 0.25) is 11.8 Å². The van der Waals surface area contributed by atoms with Crippen LogP contribution in [0.3, 0.4) is 0 Å². The predicted octanol–water partition coefficient (Wildman–Crippen LogP) is 2.37. The average molecular weight is 310 g/mol. The first-order chi connectivity index (χ1) is 11.2. The number of furan rings is 1. The summed E-state index contributed by atoms with van der Waals surface area (Å²) in [5.41, 5.74) is 1.72. The lowest BCUT2D eigenvalue weighted by atomic mass is 10.4. The van der Waals surface area contributed by atoms with Crippen molar-refractivity contribution < 1.29 is 9.15 Å². The van der Waals surface area contributed by atoms with E-state index in [1.807, 2.05) is 32.2 Å². The molecule has 8 nitrogen and oxygen atoms in total. The maximum atomic E-state index is 5.92. The van der Waals surface area contributed by atoms with Crippen molar-refractivity contribution in [1.82, 2.24) is 29.4 Å². The molecule has 0 bridgehead atoms. The predicted molar refractivity (Wildman–Crippen MR) is 80.4 cm³/mol. The van der Waals surface area contributed by atoms with E-state index in [9.17, 15) is 0 Å². The zero-order valence-electron chi connectivity index (χ0n) is 12.7. The molecule has 23 heavy (non-hydrogen) atoms. The number of hydrogen-bond donors (Lipinski definition) is 0. The minimum atomic E-state index is 0.493. The molecule has 0 fully saturated rings. The Balaban J connectivity index is 1.65. The molecule has 116 valence electrons. The van der Waals surface area contributed by atoms with Crippen molar-refractivity contribution in [3.63, 3.8) is 0 Å². The Kier molecular flexibility index (Phi) is 3.07. The molecule has 0 radical (unpaired) electrons. The summed E-state index contributed by atoms with van der Waals surface area (Å²) < 4.78 is 14.6. The highest BCUT2D eigenvalue weighted by molar-refractivity contribution is 5.35. The topological polar surface area (TPSA) is 83.3 Å². The van der Waals surface area contributed by atoms with Crippen LogP contribution in [0.25, 0.3) is 5.78 Å². The van der Waals surface area contributed by atoms with E-state index >= 15 is 0 Å². The van der Waals surface area contributed by atoms with Gasteiger partial charge in [-0.3, -0.25) is 4.68 Å². The van der Waals surface area contributed by atoms with E-state index in [1.165, 1.54) is 10.8 Å². The van der Waals surface area contributed by atoms with Gasteiger partial charge in [0.1, 0.15) is 12.1 Å².